The number of amides is 1. The first kappa shape index (κ1) is 24.5. The Morgan fingerprint density at radius 3 is 2.57 bits per heavy atom. The van der Waals surface area contributed by atoms with E-state index in [0.717, 1.165) is 44.9 Å². The Hall–Kier alpha value is -1.81. The highest BCUT2D eigenvalue weighted by Crippen LogP contribution is 2.24. The molecule has 0 radical (unpaired) electrons. The number of guanidine groups is 1. The fraction of sp³-hybridized carbons (Fsp3) is 0.455. The first-order chi connectivity index (χ1) is 14.2. The number of nitrogens with one attached hydrogen (secondary N) is 3. The van der Waals surface area contributed by atoms with Gasteiger partial charge in [-0.05, 0) is 49.3 Å². The van der Waals surface area contributed by atoms with Gasteiger partial charge in [0.2, 0.25) is 5.91 Å². The van der Waals surface area contributed by atoms with E-state index in [2.05, 4.69) is 55.5 Å². The average molecular weight is 542 g/mol. The first-order valence-corrected chi connectivity index (χ1v) is 11.3. The second kappa shape index (κ2) is 13.5. The molecule has 30 heavy (non-hydrogen) atoms. The number of nitrogens with zero attached hydrogens (tertiary/aromatic N) is 2. The molecule has 0 spiro atoms. The minimum Gasteiger partial charge on any atom is -0.363 e. The lowest BCUT2D eigenvalue weighted by Crippen LogP contribution is -2.49. The highest BCUT2D eigenvalue weighted by atomic mass is 127. The largest absolute Gasteiger partial charge is 0.363 e. The number of benzene rings is 1. The number of halogens is 1. The zero-order chi connectivity index (χ0) is 20.3. The van der Waals surface area contributed by atoms with E-state index in [1.807, 2.05) is 25.1 Å². The molecular weight excluding hydrogens is 509 g/mol. The lowest BCUT2D eigenvalue weighted by molar-refractivity contribution is -0.119. The molecule has 3 rings (SSSR count). The fourth-order valence-corrected chi connectivity index (χ4v) is 4.19. The molecule has 8 heteroatoms. The van der Waals surface area contributed by atoms with Gasteiger partial charge in [0.1, 0.15) is 6.54 Å². The van der Waals surface area contributed by atoms with Crippen molar-refractivity contribution < 1.29 is 4.79 Å². The van der Waals surface area contributed by atoms with Crippen LogP contribution in [0.3, 0.4) is 0 Å². The van der Waals surface area contributed by atoms with Crippen LogP contribution in [0.25, 0.3) is 0 Å². The Kier molecular flexibility index (Phi) is 11.0. The van der Waals surface area contributed by atoms with Gasteiger partial charge in [-0.1, -0.05) is 30.3 Å². The maximum atomic E-state index is 12.1. The zero-order valence-corrected chi connectivity index (χ0v) is 20.6. The molecule has 1 fully saturated rings. The van der Waals surface area contributed by atoms with Crippen LogP contribution in [0, 0.1) is 0 Å². The first-order valence-electron chi connectivity index (χ1n) is 10.4. The van der Waals surface area contributed by atoms with Crippen LogP contribution in [-0.2, 0) is 11.2 Å². The normalized spacial score (nSPS) is 14.7. The molecule has 1 amide bonds. The number of piperidine rings is 1. The van der Waals surface area contributed by atoms with Crippen molar-refractivity contribution in [1.82, 2.24) is 16.0 Å². The Morgan fingerprint density at radius 2 is 1.90 bits per heavy atom. The molecule has 2 aromatic rings. The minimum atomic E-state index is -0.0503. The average Bonchev–Trinajstić information content (AvgIpc) is 3.28. The van der Waals surface area contributed by atoms with Crippen LogP contribution in [0.5, 0.6) is 0 Å². The number of hydrogen-bond donors (Lipinski definition) is 3. The molecule has 1 aromatic carbocycles. The molecular formula is C22H32IN5OS. The van der Waals surface area contributed by atoms with Gasteiger partial charge < -0.3 is 20.9 Å². The summed E-state index contributed by atoms with van der Waals surface area (Å²) in [7, 11) is 0. The molecule has 1 aromatic heterocycles. The number of anilines is 1. The number of hydrogen-bond acceptors (Lipinski definition) is 4. The van der Waals surface area contributed by atoms with Crippen LogP contribution in [-0.4, -0.2) is 50.6 Å². The summed E-state index contributed by atoms with van der Waals surface area (Å²) in [5.41, 5.74) is 1.22. The van der Waals surface area contributed by atoms with Gasteiger partial charge in [0.25, 0.3) is 0 Å². The highest BCUT2D eigenvalue weighted by Gasteiger charge is 2.20. The number of carbonyl (C=O) groups excluding carboxylic acids is 1. The number of carbonyl (C=O) groups is 1. The standard InChI is InChI=1S/C22H31N5OS.HI/c1-2-23-22(25-17-20(28)24-13-10-18-7-4-3-5-8-18)26-19-11-14-27(15-12-19)21-9-6-16-29-21;/h3-9,16,19H,2,10-15,17H2,1H3,(H,24,28)(H2,23,25,26);1H. The van der Waals surface area contributed by atoms with Gasteiger partial charge in [0, 0.05) is 32.2 Å². The molecule has 6 nitrogen and oxygen atoms in total. The third-order valence-electron chi connectivity index (χ3n) is 4.96. The molecule has 3 N–H and O–H groups in total. The van der Waals surface area contributed by atoms with E-state index in [0.29, 0.717) is 12.6 Å². The van der Waals surface area contributed by atoms with Crippen molar-refractivity contribution in [2.45, 2.75) is 32.2 Å². The van der Waals surface area contributed by atoms with Crippen LogP contribution in [0.1, 0.15) is 25.3 Å². The lowest BCUT2D eigenvalue weighted by Gasteiger charge is -2.33. The van der Waals surface area contributed by atoms with Crippen LogP contribution >= 0.6 is 35.3 Å². The summed E-state index contributed by atoms with van der Waals surface area (Å²) >= 11 is 1.79. The van der Waals surface area contributed by atoms with E-state index in [1.165, 1.54) is 10.6 Å². The summed E-state index contributed by atoms with van der Waals surface area (Å²) in [6.07, 6.45) is 2.95. The molecule has 0 aliphatic carbocycles. The molecule has 164 valence electrons. The molecule has 0 unspecified atom stereocenters. The number of aliphatic imine (C=N–C) groups is 1. The van der Waals surface area contributed by atoms with E-state index in [4.69, 9.17) is 0 Å². The molecule has 0 bridgehead atoms. The van der Waals surface area contributed by atoms with Crippen LogP contribution in [0.15, 0.2) is 52.8 Å². The molecule has 0 saturated carbocycles. The molecule has 1 saturated heterocycles. The van der Waals surface area contributed by atoms with Crippen LogP contribution in [0.2, 0.25) is 0 Å². The summed E-state index contributed by atoms with van der Waals surface area (Å²) < 4.78 is 0. The molecule has 2 heterocycles. The van der Waals surface area contributed by atoms with Crippen molar-refractivity contribution in [2.24, 2.45) is 4.99 Å². The van der Waals surface area contributed by atoms with Gasteiger partial charge in [0.05, 0.1) is 5.00 Å². The van der Waals surface area contributed by atoms with Crippen molar-refractivity contribution in [3.8, 4) is 0 Å². The predicted molar refractivity (Wildman–Crippen MR) is 137 cm³/mol. The van der Waals surface area contributed by atoms with Crippen LogP contribution in [0.4, 0.5) is 5.00 Å². The molecule has 1 aliphatic rings. The summed E-state index contributed by atoms with van der Waals surface area (Å²) in [5.74, 6) is 0.672. The maximum absolute atomic E-state index is 12.1. The summed E-state index contributed by atoms with van der Waals surface area (Å²) in [6, 6.07) is 14.8. The number of rotatable bonds is 8. The van der Waals surface area contributed by atoms with Gasteiger partial charge in [-0.2, -0.15) is 0 Å². The van der Waals surface area contributed by atoms with Crippen molar-refractivity contribution in [3.63, 3.8) is 0 Å². The Morgan fingerprint density at radius 1 is 1.13 bits per heavy atom. The highest BCUT2D eigenvalue weighted by molar-refractivity contribution is 14.0. The maximum Gasteiger partial charge on any atom is 0.241 e. The minimum absolute atomic E-state index is 0. The topological polar surface area (TPSA) is 68.8 Å². The Labute approximate surface area is 200 Å². The van der Waals surface area contributed by atoms with E-state index >= 15 is 0 Å². The Balaban J connectivity index is 0.00000320. The number of thiophene rings is 1. The van der Waals surface area contributed by atoms with Crippen molar-refractivity contribution in [1.29, 1.82) is 0 Å². The second-order valence-electron chi connectivity index (χ2n) is 7.14. The SMILES string of the molecule is CCNC(=NCC(=O)NCCc1ccccc1)NC1CCN(c2cccs2)CC1.I. The van der Waals surface area contributed by atoms with Gasteiger partial charge in [-0.25, -0.2) is 4.99 Å². The van der Waals surface area contributed by atoms with Gasteiger partial charge in [-0.15, -0.1) is 35.3 Å². The molecule has 1 aliphatic heterocycles. The van der Waals surface area contributed by atoms with Crippen LogP contribution < -0.4 is 20.9 Å². The third-order valence-corrected chi connectivity index (χ3v) is 5.89. The zero-order valence-electron chi connectivity index (χ0n) is 17.5. The summed E-state index contributed by atoms with van der Waals surface area (Å²) in [4.78, 5) is 19.0. The lowest BCUT2D eigenvalue weighted by atomic mass is 10.1. The second-order valence-corrected chi connectivity index (χ2v) is 8.06. The summed E-state index contributed by atoms with van der Waals surface area (Å²) in [6.45, 7) is 5.66. The van der Waals surface area contributed by atoms with Gasteiger partial charge in [-0.3, -0.25) is 4.79 Å². The smallest absolute Gasteiger partial charge is 0.241 e. The van der Waals surface area contributed by atoms with E-state index < -0.39 is 0 Å². The van der Waals surface area contributed by atoms with Crippen molar-refractivity contribution >= 4 is 52.2 Å². The Bertz CT molecular complexity index is 761. The van der Waals surface area contributed by atoms with Gasteiger partial charge in [0.15, 0.2) is 5.96 Å². The monoisotopic (exact) mass is 541 g/mol. The van der Waals surface area contributed by atoms with E-state index in [1.54, 1.807) is 11.3 Å². The summed E-state index contributed by atoms with van der Waals surface area (Å²) in [5, 5.41) is 13.2. The van der Waals surface area contributed by atoms with Crippen molar-refractivity contribution in [3.05, 3.63) is 53.4 Å². The third kappa shape index (κ3) is 8.14. The predicted octanol–water partition coefficient (Wildman–Crippen LogP) is 3.25. The quantitative estimate of drug-likeness (QED) is 0.273. The van der Waals surface area contributed by atoms with Crippen molar-refractivity contribution in [2.75, 3.05) is 37.6 Å². The molecule has 0 atom stereocenters. The van der Waals surface area contributed by atoms with E-state index in [9.17, 15) is 4.79 Å². The van der Waals surface area contributed by atoms with Gasteiger partial charge >= 0.3 is 0 Å². The fourth-order valence-electron chi connectivity index (χ4n) is 3.41. The van der Waals surface area contributed by atoms with E-state index in [-0.39, 0.29) is 36.4 Å².